The smallest absolute Gasteiger partial charge is 0.259 e. The summed E-state index contributed by atoms with van der Waals surface area (Å²) >= 11 is 0. The number of ether oxygens (including phenoxy) is 2. The Balaban J connectivity index is 1.96. The number of benzene rings is 1. The minimum atomic E-state index is -0.476. The van der Waals surface area contributed by atoms with Crippen molar-refractivity contribution < 1.29 is 19.1 Å². The van der Waals surface area contributed by atoms with Gasteiger partial charge in [-0.2, -0.15) is 0 Å². The number of carbonyl (C=O) groups excluding carboxylic acids is 2. The summed E-state index contributed by atoms with van der Waals surface area (Å²) < 4.78 is 10.6. The van der Waals surface area contributed by atoms with Crippen LogP contribution in [0.5, 0.6) is 11.5 Å². The van der Waals surface area contributed by atoms with Crippen molar-refractivity contribution in [3.63, 3.8) is 0 Å². The Morgan fingerprint density at radius 1 is 0.935 bits per heavy atom. The second kappa shape index (κ2) is 9.53. The van der Waals surface area contributed by atoms with Gasteiger partial charge in [0.1, 0.15) is 18.0 Å². The number of nitrogens with zero attached hydrogens (tertiary/aromatic N) is 3. The maximum atomic E-state index is 13.0. The largest absolute Gasteiger partial charge is 0.493 e. The fourth-order valence-electron chi connectivity index (χ4n) is 2.85. The van der Waals surface area contributed by atoms with Crippen LogP contribution in [0.2, 0.25) is 0 Å². The Bertz CT molecular complexity index is 1120. The molecule has 0 bridgehead atoms. The predicted molar refractivity (Wildman–Crippen MR) is 115 cm³/mol. The van der Waals surface area contributed by atoms with Gasteiger partial charge in [-0.3, -0.25) is 9.59 Å². The molecule has 3 aromatic rings. The van der Waals surface area contributed by atoms with Crippen LogP contribution < -0.4 is 25.4 Å². The van der Waals surface area contributed by atoms with E-state index in [1.165, 1.54) is 33.8 Å². The molecule has 0 aliphatic carbocycles. The average Bonchev–Trinajstić information content (AvgIpc) is 2.78. The lowest BCUT2D eigenvalue weighted by atomic mass is 10.1. The number of methoxy groups -OCH3 is 2. The Morgan fingerprint density at radius 2 is 1.71 bits per heavy atom. The van der Waals surface area contributed by atoms with Gasteiger partial charge in [-0.15, -0.1) is 0 Å². The first kappa shape index (κ1) is 21.5. The van der Waals surface area contributed by atoms with Crippen LogP contribution in [0, 0.1) is 6.92 Å². The maximum absolute atomic E-state index is 13.0. The van der Waals surface area contributed by atoms with Crippen LogP contribution in [0.1, 0.15) is 26.4 Å². The first-order valence-corrected chi connectivity index (χ1v) is 9.27. The molecule has 10 heteroatoms. The van der Waals surface area contributed by atoms with E-state index < -0.39 is 11.8 Å². The summed E-state index contributed by atoms with van der Waals surface area (Å²) in [4.78, 5) is 37.7. The van der Waals surface area contributed by atoms with Gasteiger partial charge < -0.3 is 25.4 Å². The number of pyridine rings is 1. The van der Waals surface area contributed by atoms with E-state index >= 15 is 0 Å². The van der Waals surface area contributed by atoms with Crippen molar-refractivity contribution in [2.24, 2.45) is 0 Å². The fourth-order valence-corrected chi connectivity index (χ4v) is 2.85. The van der Waals surface area contributed by atoms with E-state index in [0.717, 1.165) is 5.69 Å². The lowest BCUT2D eigenvalue weighted by Gasteiger charge is -2.15. The molecule has 2 amide bonds. The van der Waals surface area contributed by atoms with E-state index in [0.29, 0.717) is 17.4 Å². The van der Waals surface area contributed by atoms with Gasteiger partial charge >= 0.3 is 0 Å². The second-order valence-corrected chi connectivity index (χ2v) is 6.36. The van der Waals surface area contributed by atoms with E-state index in [-0.39, 0.29) is 22.6 Å². The maximum Gasteiger partial charge on any atom is 0.259 e. The standard InChI is InChI=1S/C21H22N6O4/c1-12-8-17(25-11-24-12)27-18-9-15(14(10-23-18)20(28)22-2)26-21(29)13-6-5-7-16(30-3)19(13)31-4/h5-11H,1-4H3,(H,22,28)(H2,23,24,25,26,27,29). The average molecular weight is 422 g/mol. The number of amides is 2. The number of hydrogen-bond donors (Lipinski definition) is 3. The molecule has 10 nitrogen and oxygen atoms in total. The molecule has 0 radical (unpaired) electrons. The van der Waals surface area contributed by atoms with Crippen LogP contribution in [-0.4, -0.2) is 48.0 Å². The summed E-state index contributed by atoms with van der Waals surface area (Å²) in [5, 5.41) is 8.33. The number of aryl methyl sites for hydroxylation is 1. The summed E-state index contributed by atoms with van der Waals surface area (Å²) in [6, 6.07) is 8.25. The number of para-hydroxylation sites is 1. The molecular formula is C21H22N6O4. The van der Waals surface area contributed by atoms with Gasteiger partial charge in [0.2, 0.25) is 0 Å². The minimum absolute atomic E-state index is 0.196. The van der Waals surface area contributed by atoms with Crippen LogP contribution in [0.15, 0.2) is 42.9 Å². The molecule has 2 heterocycles. The highest BCUT2D eigenvalue weighted by molar-refractivity contribution is 6.10. The lowest BCUT2D eigenvalue weighted by Crippen LogP contribution is -2.22. The van der Waals surface area contributed by atoms with E-state index in [2.05, 4.69) is 30.9 Å². The molecule has 0 spiro atoms. The van der Waals surface area contributed by atoms with Crippen molar-refractivity contribution in [3.05, 3.63) is 59.7 Å². The van der Waals surface area contributed by atoms with Crippen molar-refractivity contribution >= 4 is 29.1 Å². The highest BCUT2D eigenvalue weighted by atomic mass is 16.5. The molecule has 160 valence electrons. The first-order chi connectivity index (χ1) is 15.0. The Morgan fingerprint density at radius 3 is 2.39 bits per heavy atom. The van der Waals surface area contributed by atoms with Gasteiger partial charge in [0, 0.05) is 31.1 Å². The monoisotopic (exact) mass is 422 g/mol. The minimum Gasteiger partial charge on any atom is -0.493 e. The van der Waals surface area contributed by atoms with Crippen molar-refractivity contribution in [2.45, 2.75) is 6.92 Å². The first-order valence-electron chi connectivity index (χ1n) is 9.27. The molecule has 0 aliphatic rings. The topological polar surface area (TPSA) is 127 Å². The Hall–Kier alpha value is -4.21. The zero-order valence-corrected chi connectivity index (χ0v) is 17.5. The van der Waals surface area contributed by atoms with Crippen molar-refractivity contribution in [1.82, 2.24) is 20.3 Å². The van der Waals surface area contributed by atoms with Gasteiger partial charge in [-0.05, 0) is 19.1 Å². The molecule has 0 aliphatic heterocycles. The lowest BCUT2D eigenvalue weighted by molar-refractivity contribution is 0.0963. The molecular weight excluding hydrogens is 400 g/mol. The van der Waals surface area contributed by atoms with E-state index in [4.69, 9.17) is 9.47 Å². The van der Waals surface area contributed by atoms with Crippen molar-refractivity contribution in [3.8, 4) is 11.5 Å². The van der Waals surface area contributed by atoms with E-state index in [9.17, 15) is 9.59 Å². The zero-order valence-electron chi connectivity index (χ0n) is 17.5. The molecule has 0 fully saturated rings. The summed E-state index contributed by atoms with van der Waals surface area (Å²) in [7, 11) is 4.43. The normalized spacial score (nSPS) is 10.2. The molecule has 1 aromatic carbocycles. The third kappa shape index (κ3) is 4.86. The van der Waals surface area contributed by atoms with Gasteiger partial charge in [-0.25, -0.2) is 15.0 Å². The van der Waals surface area contributed by atoms with Gasteiger partial charge in [0.15, 0.2) is 11.5 Å². The van der Waals surface area contributed by atoms with Crippen LogP contribution in [0.3, 0.4) is 0 Å². The third-order valence-corrected chi connectivity index (χ3v) is 4.33. The fraction of sp³-hybridized carbons (Fsp3) is 0.190. The molecule has 2 aromatic heterocycles. The SMILES string of the molecule is CNC(=O)c1cnc(Nc2cc(C)ncn2)cc1NC(=O)c1cccc(OC)c1OC. The van der Waals surface area contributed by atoms with Crippen LogP contribution >= 0.6 is 0 Å². The molecule has 0 unspecified atom stereocenters. The van der Waals surface area contributed by atoms with Crippen molar-refractivity contribution in [1.29, 1.82) is 0 Å². The molecule has 0 saturated heterocycles. The number of hydrogen-bond acceptors (Lipinski definition) is 8. The Labute approximate surface area is 179 Å². The second-order valence-electron chi connectivity index (χ2n) is 6.36. The molecule has 31 heavy (non-hydrogen) atoms. The zero-order chi connectivity index (χ0) is 22.4. The van der Waals surface area contributed by atoms with E-state index in [1.807, 2.05) is 6.92 Å². The van der Waals surface area contributed by atoms with Crippen LogP contribution in [0.4, 0.5) is 17.3 Å². The number of anilines is 3. The number of aromatic nitrogens is 3. The van der Waals surface area contributed by atoms with Gasteiger partial charge in [0.05, 0.1) is 31.0 Å². The van der Waals surface area contributed by atoms with Crippen LogP contribution in [0.25, 0.3) is 0 Å². The van der Waals surface area contributed by atoms with Crippen LogP contribution in [-0.2, 0) is 0 Å². The number of nitrogens with one attached hydrogen (secondary N) is 3. The predicted octanol–water partition coefficient (Wildman–Crippen LogP) is 2.55. The summed E-state index contributed by atoms with van der Waals surface area (Å²) in [6.45, 7) is 1.84. The Kier molecular flexibility index (Phi) is 6.61. The highest BCUT2D eigenvalue weighted by Crippen LogP contribution is 2.31. The molecule has 0 saturated carbocycles. The highest BCUT2D eigenvalue weighted by Gasteiger charge is 2.20. The van der Waals surface area contributed by atoms with Gasteiger partial charge in [-0.1, -0.05) is 6.07 Å². The molecule has 3 N–H and O–H groups in total. The number of rotatable bonds is 7. The van der Waals surface area contributed by atoms with Crippen molar-refractivity contribution in [2.75, 3.05) is 31.9 Å². The third-order valence-electron chi connectivity index (χ3n) is 4.33. The summed E-state index contributed by atoms with van der Waals surface area (Å²) in [5.74, 6) is 0.740. The molecule has 3 rings (SSSR count). The van der Waals surface area contributed by atoms with Gasteiger partial charge in [0.25, 0.3) is 11.8 Å². The number of carbonyl (C=O) groups is 2. The quantitative estimate of drug-likeness (QED) is 0.530. The molecule has 0 atom stereocenters. The van der Waals surface area contributed by atoms with E-state index in [1.54, 1.807) is 30.3 Å². The summed E-state index contributed by atoms with van der Waals surface area (Å²) in [5.41, 5.74) is 1.49. The summed E-state index contributed by atoms with van der Waals surface area (Å²) in [6.07, 6.45) is 2.79.